The zero-order chi connectivity index (χ0) is 14.4. The Kier molecular flexibility index (Phi) is 6.30. The Balaban J connectivity index is 1.74. The van der Waals surface area contributed by atoms with Gasteiger partial charge < -0.3 is 15.1 Å². The summed E-state index contributed by atoms with van der Waals surface area (Å²) in [6.07, 6.45) is 4.59. The van der Waals surface area contributed by atoms with E-state index < -0.39 is 0 Å². The SMILES string of the molecule is CCN(CC)CC1CCN(C(=O)[C@@H]2CCCNC2)CC1. The van der Waals surface area contributed by atoms with Crippen LogP contribution in [-0.2, 0) is 4.79 Å². The highest BCUT2D eigenvalue weighted by molar-refractivity contribution is 5.79. The molecule has 0 bridgehead atoms. The summed E-state index contributed by atoms with van der Waals surface area (Å²) in [7, 11) is 0. The van der Waals surface area contributed by atoms with E-state index in [1.807, 2.05) is 0 Å². The molecule has 1 amide bonds. The van der Waals surface area contributed by atoms with Crippen LogP contribution >= 0.6 is 0 Å². The van der Waals surface area contributed by atoms with E-state index in [2.05, 4.69) is 29.0 Å². The minimum Gasteiger partial charge on any atom is -0.342 e. The summed E-state index contributed by atoms with van der Waals surface area (Å²) < 4.78 is 0. The maximum Gasteiger partial charge on any atom is 0.226 e. The average Bonchev–Trinajstić information content (AvgIpc) is 2.53. The van der Waals surface area contributed by atoms with Crippen LogP contribution in [0.3, 0.4) is 0 Å². The zero-order valence-electron chi connectivity index (χ0n) is 13.2. The molecule has 0 saturated carbocycles. The fourth-order valence-electron chi connectivity index (χ4n) is 3.50. The molecule has 0 aromatic rings. The van der Waals surface area contributed by atoms with Crippen LogP contribution in [0.2, 0.25) is 0 Å². The lowest BCUT2D eigenvalue weighted by molar-refractivity contribution is -0.137. The second kappa shape index (κ2) is 7.99. The standard InChI is InChI=1S/C16H31N3O/c1-3-18(4-2)13-14-7-10-19(11-8-14)16(20)15-6-5-9-17-12-15/h14-15,17H,3-13H2,1-2H3/t15-/m1/s1. The van der Waals surface area contributed by atoms with Crippen LogP contribution in [-0.4, -0.2) is 61.5 Å². The molecule has 2 rings (SSSR count). The second-order valence-electron chi connectivity index (χ2n) is 6.30. The van der Waals surface area contributed by atoms with Gasteiger partial charge in [-0.05, 0) is 51.2 Å². The van der Waals surface area contributed by atoms with Crippen molar-refractivity contribution in [3.63, 3.8) is 0 Å². The fourth-order valence-corrected chi connectivity index (χ4v) is 3.50. The molecule has 116 valence electrons. The number of nitrogens with zero attached hydrogens (tertiary/aromatic N) is 2. The Morgan fingerprint density at radius 1 is 1.20 bits per heavy atom. The van der Waals surface area contributed by atoms with Crippen molar-refractivity contribution < 1.29 is 4.79 Å². The molecule has 1 N–H and O–H groups in total. The maximum atomic E-state index is 12.5. The van der Waals surface area contributed by atoms with Crippen molar-refractivity contribution in [3.8, 4) is 0 Å². The van der Waals surface area contributed by atoms with Gasteiger partial charge in [0.2, 0.25) is 5.91 Å². The molecule has 4 nitrogen and oxygen atoms in total. The van der Waals surface area contributed by atoms with E-state index in [9.17, 15) is 4.79 Å². The molecule has 0 unspecified atom stereocenters. The molecule has 0 aliphatic carbocycles. The van der Waals surface area contributed by atoms with E-state index in [1.54, 1.807) is 0 Å². The summed E-state index contributed by atoms with van der Waals surface area (Å²) in [5, 5.41) is 3.35. The number of rotatable bonds is 5. The Labute approximate surface area is 123 Å². The van der Waals surface area contributed by atoms with Crippen LogP contribution in [0.4, 0.5) is 0 Å². The summed E-state index contributed by atoms with van der Waals surface area (Å²) in [5.41, 5.74) is 0. The second-order valence-corrected chi connectivity index (χ2v) is 6.30. The fraction of sp³-hybridized carbons (Fsp3) is 0.938. The molecule has 20 heavy (non-hydrogen) atoms. The van der Waals surface area contributed by atoms with Gasteiger partial charge in [0.25, 0.3) is 0 Å². The normalized spacial score (nSPS) is 25.1. The predicted molar refractivity (Wildman–Crippen MR) is 82.7 cm³/mol. The Hall–Kier alpha value is -0.610. The van der Waals surface area contributed by atoms with Crippen molar-refractivity contribution in [2.45, 2.75) is 39.5 Å². The lowest BCUT2D eigenvalue weighted by Crippen LogP contribution is -2.47. The third kappa shape index (κ3) is 4.19. The van der Waals surface area contributed by atoms with E-state index in [0.29, 0.717) is 5.91 Å². The molecule has 2 aliphatic heterocycles. The lowest BCUT2D eigenvalue weighted by Gasteiger charge is -2.36. The van der Waals surface area contributed by atoms with Crippen molar-refractivity contribution in [2.24, 2.45) is 11.8 Å². The molecule has 4 heteroatoms. The highest BCUT2D eigenvalue weighted by Gasteiger charge is 2.29. The van der Waals surface area contributed by atoms with E-state index in [4.69, 9.17) is 0 Å². The van der Waals surface area contributed by atoms with Gasteiger partial charge in [0, 0.05) is 26.2 Å². The summed E-state index contributed by atoms with van der Waals surface area (Å²) in [4.78, 5) is 17.1. The topological polar surface area (TPSA) is 35.6 Å². The van der Waals surface area contributed by atoms with Crippen LogP contribution in [0.1, 0.15) is 39.5 Å². The molecule has 2 heterocycles. The number of hydrogen-bond donors (Lipinski definition) is 1. The van der Waals surface area contributed by atoms with E-state index in [-0.39, 0.29) is 5.92 Å². The largest absolute Gasteiger partial charge is 0.342 e. The summed E-state index contributed by atoms with van der Waals surface area (Å²) in [5.74, 6) is 1.42. The van der Waals surface area contributed by atoms with Crippen molar-refractivity contribution in [1.82, 2.24) is 15.1 Å². The Bertz CT molecular complexity index is 290. The van der Waals surface area contributed by atoms with Crippen LogP contribution < -0.4 is 5.32 Å². The number of hydrogen-bond acceptors (Lipinski definition) is 3. The third-order valence-corrected chi connectivity index (χ3v) is 4.98. The first-order valence-electron chi connectivity index (χ1n) is 8.46. The average molecular weight is 281 g/mol. The van der Waals surface area contributed by atoms with Gasteiger partial charge in [-0.1, -0.05) is 13.8 Å². The molecule has 2 aliphatic rings. The highest BCUT2D eigenvalue weighted by atomic mass is 16.2. The van der Waals surface area contributed by atoms with Crippen LogP contribution in [0.25, 0.3) is 0 Å². The van der Waals surface area contributed by atoms with Gasteiger partial charge in [-0.2, -0.15) is 0 Å². The van der Waals surface area contributed by atoms with Gasteiger partial charge in [0.15, 0.2) is 0 Å². The van der Waals surface area contributed by atoms with Crippen molar-refractivity contribution in [2.75, 3.05) is 45.8 Å². The smallest absolute Gasteiger partial charge is 0.226 e. The van der Waals surface area contributed by atoms with Gasteiger partial charge in [0.05, 0.1) is 5.92 Å². The van der Waals surface area contributed by atoms with Crippen molar-refractivity contribution in [1.29, 1.82) is 0 Å². The van der Waals surface area contributed by atoms with E-state index in [0.717, 1.165) is 58.0 Å². The minimum atomic E-state index is 0.239. The molecule has 0 radical (unpaired) electrons. The van der Waals surface area contributed by atoms with E-state index in [1.165, 1.54) is 19.4 Å². The maximum absolute atomic E-state index is 12.5. The highest BCUT2D eigenvalue weighted by Crippen LogP contribution is 2.21. The van der Waals surface area contributed by atoms with Gasteiger partial charge in [0.1, 0.15) is 0 Å². The monoisotopic (exact) mass is 281 g/mol. The molecule has 1 atom stereocenters. The molecule has 2 saturated heterocycles. The number of amides is 1. The number of carbonyl (C=O) groups excluding carboxylic acids is 1. The minimum absolute atomic E-state index is 0.239. The van der Waals surface area contributed by atoms with E-state index >= 15 is 0 Å². The summed E-state index contributed by atoms with van der Waals surface area (Å²) >= 11 is 0. The number of carbonyl (C=O) groups is 1. The first-order chi connectivity index (χ1) is 9.74. The zero-order valence-corrected chi connectivity index (χ0v) is 13.2. The molecule has 0 aromatic carbocycles. The molecular formula is C16H31N3O. The molecule has 0 aromatic heterocycles. The number of nitrogens with one attached hydrogen (secondary N) is 1. The molecular weight excluding hydrogens is 250 g/mol. The lowest BCUT2D eigenvalue weighted by atomic mass is 9.93. The van der Waals surface area contributed by atoms with Crippen LogP contribution in [0.15, 0.2) is 0 Å². The summed E-state index contributed by atoms with van der Waals surface area (Å²) in [6.45, 7) is 11.9. The van der Waals surface area contributed by atoms with Crippen molar-refractivity contribution in [3.05, 3.63) is 0 Å². The molecule has 2 fully saturated rings. The predicted octanol–water partition coefficient (Wildman–Crippen LogP) is 1.57. The van der Waals surface area contributed by atoms with Gasteiger partial charge in [-0.15, -0.1) is 0 Å². The first kappa shape index (κ1) is 15.8. The van der Waals surface area contributed by atoms with Crippen LogP contribution in [0.5, 0.6) is 0 Å². The first-order valence-corrected chi connectivity index (χ1v) is 8.46. The summed E-state index contributed by atoms with van der Waals surface area (Å²) in [6, 6.07) is 0. The van der Waals surface area contributed by atoms with Gasteiger partial charge in [-0.25, -0.2) is 0 Å². The van der Waals surface area contributed by atoms with Crippen LogP contribution in [0, 0.1) is 11.8 Å². The third-order valence-electron chi connectivity index (χ3n) is 4.98. The Morgan fingerprint density at radius 3 is 2.45 bits per heavy atom. The number of piperidine rings is 2. The number of likely N-dealkylation sites (tertiary alicyclic amines) is 1. The molecule has 0 spiro atoms. The quantitative estimate of drug-likeness (QED) is 0.831. The van der Waals surface area contributed by atoms with Crippen molar-refractivity contribution >= 4 is 5.91 Å². The van der Waals surface area contributed by atoms with Gasteiger partial charge >= 0.3 is 0 Å². The van der Waals surface area contributed by atoms with Gasteiger partial charge in [-0.3, -0.25) is 4.79 Å². The Morgan fingerprint density at radius 2 is 1.90 bits per heavy atom.